The molecule has 6 aromatic rings. The van der Waals surface area contributed by atoms with Crippen LogP contribution in [0.5, 0.6) is 5.75 Å². The average Bonchev–Trinajstić information content (AvgIpc) is 3.31. The first-order chi connectivity index (χ1) is 19.9. The van der Waals surface area contributed by atoms with Crippen LogP contribution in [0.25, 0.3) is 32.9 Å². The largest absolute Gasteiger partial charge is 0.497 e. The van der Waals surface area contributed by atoms with Gasteiger partial charge in [-0.1, -0.05) is 60.7 Å². The number of nitrogens with two attached hydrogens (primary N) is 1. The van der Waals surface area contributed by atoms with Crippen molar-refractivity contribution in [2.75, 3.05) is 7.11 Å². The summed E-state index contributed by atoms with van der Waals surface area (Å²) in [6.45, 7) is 0.391. The highest BCUT2D eigenvalue weighted by molar-refractivity contribution is 7.90. The fraction of sp³-hybridized carbons (Fsp3) is 0.0882. The van der Waals surface area contributed by atoms with Crippen LogP contribution in [0.15, 0.2) is 114 Å². The predicted molar refractivity (Wildman–Crippen MR) is 162 cm³/mol. The van der Waals surface area contributed by atoms with Gasteiger partial charge in [-0.15, -0.1) is 0 Å². The third-order valence-electron chi connectivity index (χ3n) is 7.38. The van der Waals surface area contributed by atoms with Crippen LogP contribution < -0.4 is 10.5 Å². The topological polar surface area (TPSA) is 91.4 Å². The van der Waals surface area contributed by atoms with Gasteiger partial charge in [0.1, 0.15) is 5.75 Å². The number of methoxy groups -OCH3 is 1. The smallest absolute Gasteiger partial charge is 0.249 e. The molecule has 0 unspecified atom stereocenters. The molecule has 1 amide bonds. The van der Waals surface area contributed by atoms with Crippen molar-refractivity contribution in [2.45, 2.75) is 17.2 Å². The Labute approximate surface area is 238 Å². The van der Waals surface area contributed by atoms with E-state index in [-0.39, 0.29) is 10.6 Å². The van der Waals surface area contributed by atoms with Crippen LogP contribution >= 0.6 is 0 Å². The van der Waals surface area contributed by atoms with Crippen LogP contribution in [0, 0.1) is 6.07 Å². The molecule has 0 atom stereocenters. The molecule has 1 aromatic heterocycles. The van der Waals surface area contributed by atoms with Crippen molar-refractivity contribution in [1.29, 1.82) is 0 Å². The fourth-order valence-corrected chi connectivity index (χ4v) is 6.75. The van der Waals surface area contributed by atoms with Crippen molar-refractivity contribution in [3.8, 4) is 16.9 Å². The molecular formula is C34H27N2O4S. The molecule has 0 saturated heterocycles. The molecular weight excluding hydrogens is 532 g/mol. The van der Waals surface area contributed by atoms with E-state index in [9.17, 15) is 13.2 Å². The first kappa shape index (κ1) is 26.3. The highest BCUT2D eigenvalue weighted by atomic mass is 32.2. The molecule has 5 aromatic carbocycles. The van der Waals surface area contributed by atoms with Crippen LogP contribution in [0.4, 0.5) is 0 Å². The third-order valence-corrected chi connectivity index (χ3v) is 9.06. The van der Waals surface area contributed by atoms with Gasteiger partial charge in [0.2, 0.25) is 5.91 Å². The lowest BCUT2D eigenvalue weighted by atomic mass is 10.0. The first-order valence-electron chi connectivity index (χ1n) is 13.1. The summed E-state index contributed by atoms with van der Waals surface area (Å²) in [6.07, 6.45) is 0. The Balaban J connectivity index is 1.51. The molecule has 1 radical (unpaired) electrons. The molecule has 0 aliphatic rings. The van der Waals surface area contributed by atoms with Crippen molar-refractivity contribution in [1.82, 2.24) is 4.57 Å². The lowest BCUT2D eigenvalue weighted by molar-refractivity contribution is 0.100. The molecule has 0 bridgehead atoms. The van der Waals surface area contributed by atoms with Gasteiger partial charge in [0, 0.05) is 22.9 Å². The number of ether oxygens (including phenoxy) is 1. The zero-order valence-electron chi connectivity index (χ0n) is 22.4. The summed E-state index contributed by atoms with van der Waals surface area (Å²) in [7, 11) is -1.92. The first-order valence-corrected chi connectivity index (χ1v) is 14.8. The maximum atomic E-state index is 13.3. The van der Waals surface area contributed by atoms with E-state index in [2.05, 4.69) is 16.7 Å². The Kier molecular flexibility index (Phi) is 6.81. The minimum atomic E-state index is -3.55. The minimum absolute atomic E-state index is 0.125. The monoisotopic (exact) mass is 559 g/mol. The van der Waals surface area contributed by atoms with E-state index in [0.29, 0.717) is 17.7 Å². The number of hydrogen-bond donors (Lipinski definition) is 1. The Bertz CT molecular complexity index is 2010. The van der Waals surface area contributed by atoms with Crippen LogP contribution in [-0.4, -0.2) is 26.0 Å². The molecule has 41 heavy (non-hydrogen) atoms. The molecule has 0 spiro atoms. The number of carbonyl (C=O) groups is 1. The molecule has 0 aliphatic carbocycles. The van der Waals surface area contributed by atoms with Crippen LogP contribution in [-0.2, 0) is 22.1 Å². The molecule has 2 N–H and O–H groups in total. The molecule has 0 fully saturated rings. The lowest BCUT2D eigenvalue weighted by Gasteiger charge is -2.14. The number of benzene rings is 5. The van der Waals surface area contributed by atoms with Crippen molar-refractivity contribution >= 4 is 37.6 Å². The van der Waals surface area contributed by atoms with Gasteiger partial charge in [-0.25, -0.2) is 8.42 Å². The Hall–Kier alpha value is -4.88. The number of aromatic nitrogens is 1. The lowest BCUT2D eigenvalue weighted by Crippen LogP contribution is -2.11. The van der Waals surface area contributed by atoms with Gasteiger partial charge in [0.05, 0.1) is 28.8 Å². The second-order valence-corrected chi connectivity index (χ2v) is 11.9. The number of sulfone groups is 1. The summed E-state index contributed by atoms with van der Waals surface area (Å²) in [6, 6.07) is 36.7. The van der Waals surface area contributed by atoms with E-state index < -0.39 is 15.7 Å². The molecule has 6 rings (SSSR count). The van der Waals surface area contributed by atoms with Crippen LogP contribution in [0.3, 0.4) is 0 Å². The van der Waals surface area contributed by atoms with E-state index in [0.717, 1.165) is 44.2 Å². The summed E-state index contributed by atoms with van der Waals surface area (Å²) in [5.41, 5.74) is 11.4. The van der Waals surface area contributed by atoms with Crippen LogP contribution in [0.2, 0.25) is 0 Å². The van der Waals surface area contributed by atoms with Crippen molar-refractivity contribution in [3.05, 3.63) is 132 Å². The average molecular weight is 560 g/mol. The molecule has 0 aliphatic heterocycles. The van der Waals surface area contributed by atoms with E-state index in [1.54, 1.807) is 43.5 Å². The third kappa shape index (κ3) is 4.96. The zero-order chi connectivity index (χ0) is 28.6. The quantitative estimate of drug-likeness (QED) is 0.234. The summed E-state index contributed by atoms with van der Waals surface area (Å²) >= 11 is 0. The summed E-state index contributed by atoms with van der Waals surface area (Å²) in [5, 5.41) is 1.51. The molecule has 7 heteroatoms. The fourth-order valence-electron chi connectivity index (χ4n) is 5.32. The highest BCUT2D eigenvalue weighted by Crippen LogP contribution is 2.35. The molecule has 1 heterocycles. The highest BCUT2D eigenvalue weighted by Gasteiger charge is 2.20. The van der Waals surface area contributed by atoms with Gasteiger partial charge in [-0.2, -0.15) is 0 Å². The number of hydrogen-bond acceptors (Lipinski definition) is 4. The normalized spacial score (nSPS) is 11.6. The van der Waals surface area contributed by atoms with Gasteiger partial charge in [-0.05, 0) is 76.9 Å². The Morgan fingerprint density at radius 3 is 2.24 bits per heavy atom. The van der Waals surface area contributed by atoms with Crippen molar-refractivity contribution in [3.63, 3.8) is 0 Å². The maximum absolute atomic E-state index is 13.3. The number of rotatable bonds is 8. The van der Waals surface area contributed by atoms with Crippen molar-refractivity contribution in [2.24, 2.45) is 5.73 Å². The standard InChI is InChI=1S/C34H27N2O4S/c1-40-27-17-14-23(15-18-27)24-16-19-29-32(20-24)36(31-13-7-12-30(33(29)31)34(35)37)21-25-8-5-6-9-26(25)22-41(38,39)28-10-3-2-4-11-28/h2-18,20H,21-22H2,1H3,(H2,35,37). The summed E-state index contributed by atoms with van der Waals surface area (Å²) < 4.78 is 34.0. The molecule has 0 saturated carbocycles. The molecule has 203 valence electrons. The number of nitrogens with zero attached hydrogens (tertiary/aromatic N) is 1. The SMILES string of the molecule is COc1ccc(-c2c[c]c3c4c(C(N)=O)cccc4n(Cc4ccccc4CS(=O)(=O)c4ccccc4)c3c2)cc1. The van der Waals surface area contributed by atoms with Crippen LogP contribution in [0.1, 0.15) is 21.5 Å². The molecule has 6 nitrogen and oxygen atoms in total. The predicted octanol–water partition coefficient (Wildman–Crippen LogP) is 6.39. The van der Waals surface area contributed by atoms with E-state index in [1.807, 2.05) is 66.7 Å². The maximum Gasteiger partial charge on any atom is 0.249 e. The second kappa shape index (κ2) is 10.6. The number of carbonyl (C=O) groups excluding carboxylic acids is 1. The van der Waals surface area contributed by atoms with Gasteiger partial charge in [-0.3, -0.25) is 4.79 Å². The number of primary amides is 1. The summed E-state index contributed by atoms with van der Waals surface area (Å²) in [4.78, 5) is 12.7. The van der Waals surface area contributed by atoms with Gasteiger partial charge >= 0.3 is 0 Å². The van der Waals surface area contributed by atoms with E-state index in [4.69, 9.17) is 10.5 Å². The van der Waals surface area contributed by atoms with E-state index >= 15 is 0 Å². The van der Waals surface area contributed by atoms with Crippen molar-refractivity contribution < 1.29 is 17.9 Å². The van der Waals surface area contributed by atoms with Gasteiger partial charge in [0.15, 0.2) is 9.84 Å². The number of amides is 1. The zero-order valence-corrected chi connectivity index (χ0v) is 23.2. The van der Waals surface area contributed by atoms with Gasteiger partial charge in [0.25, 0.3) is 0 Å². The van der Waals surface area contributed by atoms with Gasteiger partial charge < -0.3 is 15.0 Å². The minimum Gasteiger partial charge on any atom is -0.497 e. The number of fused-ring (bicyclic) bond motifs is 3. The second-order valence-electron chi connectivity index (χ2n) is 9.87. The Morgan fingerprint density at radius 2 is 1.54 bits per heavy atom. The van der Waals surface area contributed by atoms with E-state index in [1.165, 1.54) is 0 Å². The summed E-state index contributed by atoms with van der Waals surface area (Å²) in [5.74, 6) is 0.123. The Morgan fingerprint density at radius 1 is 0.829 bits per heavy atom.